The zero-order chi connectivity index (χ0) is 9.43. The molecule has 0 amide bonds. The van der Waals surface area contributed by atoms with Gasteiger partial charge in [0.1, 0.15) is 0 Å². The van der Waals surface area contributed by atoms with Crippen molar-refractivity contribution >= 4 is 0 Å². The van der Waals surface area contributed by atoms with E-state index in [0.717, 1.165) is 24.5 Å². The zero-order valence-corrected chi connectivity index (χ0v) is 9.00. The summed E-state index contributed by atoms with van der Waals surface area (Å²) in [5.41, 5.74) is 0.836. The summed E-state index contributed by atoms with van der Waals surface area (Å²) in [5, 5.41) is 0. The molecule has 1 aliphatic carbocycles. The van der Waals surface area contributed by atoms with Gasteiger partial charge in [0.2, 0.25) is 0 Å². The van der Waals surface area contributed by atoms with Crippen LogP contribution in [0.25, 0.3) is 0 Å². The second-order valence-corrected chi connectivity index (χ2v) is 5.53. The molecule has 0 bridgehead atoms. The minimum Gasteiger partial charge on any atom is -0.381 e. The van der Waals surface area contributed by atoms with E-state index >= 15 is 0 Å². The topological polar surface area (TPSA) is 12.5 Å². The van der Waals surface area contributed by atoms with Crippen molar-refractivity contribution in [1.29, 1.82) is 0 Å². The molecule has 3 aliphatic rings. The quantitative estimate of drug-likeness (QED) is 0.667. The van der Waals surface area contributed by atoms with E-state index in [1.807, 2.05) is 0 Å². The molecule has 1 atom stereocenters. The Balaban J connectivity index is 1.45. The van der Waals surface area contributed by atoms with Gasteiger partial charge in [0.25, 0.3) is 0 Å². The van der Waals surface area contributed by atoms with Gasteiger partial charge < -0.3 is 9.64 Å². The average Bonchev–Trinajstić information content (AvgIpc) is 2.77. The van der Waals surface area contributed by atoms with Crippen LogP contribution >= 0.6 is 0 Å². The fraction of sp³-hybridized carbons (Fsp3) is 1.00. The van der Waals surface area contributed by atoms with E-state index in [-0.39, 0.29) is 0 Å². The van der Waals surface area contributed by atoms with Gasteiger partial charge in [-0.15, -0.1) is 0 Å². The predicted molar refractivity (Wildman–Crippen MR) is 56.3 cm³/mol. The van der Waals surface area contributed by atoms with Crippen LogP contribution < -0.4 is 0 Å². The minimum atomic E-state index is 0.836. The van der Waals surface area contributed by atoms with Gasteiger partial charge in [-0.25, -0.2) is 0 Å². The molecule has 0 N–H and O–H groups in total. The molecule has 2 heteroatoms. The van der Waals surface area contributed by atoms with E-state index < -0.39 is 0 Å². The van der Waals surface area contributed by atoms with E-state index in [9.17, 15) is 0 Å². The van der Waals surface area contributed by atoms with Gasteiger partial charge in [-0.1, -0.05) is 0 Å². The lowest BCUT2D eigenvalue weighted by Crippen LogP contribution is -2.37. The number of hydrogen-bond donors (Lipinski definition) is 0. The summed E-state index contributed by atoms with van der Waals surface area (Å²) in [6.07, 6.45) is 7.28. The van der Waals surface area contributed by atoms with Gasteiger partial charge in [0.05, 0.1) is 6.61 Å². The molecule has 0 radical (unpaired) electrons. The third kappa shape index (κ3) is 1.82. The van der Waals surface area contributed by atoms with E-state index in [2.05, 4.69) is 4.90 Å². The molecular weight excluding hydrogens is 174 g/mol. The number of piperidine rings is 1. The summed E-state index contributed by atoms with van der Waals surface area (Å²) in [6.45, 7) is 6.03. The lowest BCUT2D eigenvalue weighted by molar-refractivity contribution is 0.135. The highest BCUT2D eigenvalue weighted by molar-refractivity contribution is 4.96. The van der Waals surface area contributed by atoms with Crippen LogP contribution in [0.1, 0.15) is 32.1 Å². The van der Waals surface area contributed by atoms with Crippen molar-refractivity contribution in [3.8, 4) is 0 Å². The Bertz CT molecular complexity index is 196. The lowest BCUT2D eigenvalue weighted by atomic mass is 9.93. The molecule has 2 saturated heterocycles. The molecule has 0 aromatic carbocycles. The molecule has 0 unspecified atom stereocenters. The van der Waals surface area contributed by atoms with Crippen molar-refractivity contribution in [1.82, 2.24) is 4.90 Å². The van der Waals surface area contributed by atoms with E-state index in [0.29, 0.717) is 0 Å². The molecule has 1 spiro atoms. The Morgan fingerprint density at radius 1 is 1.14 bits per heavy atom. The molecule has 2 aliphatic heterocycles. The monoisotopic (exact) mass is 195 g/mol. The molecule has 1 saturated carbocycles. The van der Waals surface area contributed by atoms with Crippen LogP contribution in [0.3, 0.4) is 0 Å². The third-order valence-corrected chi connectivity index (χ3v) is 4.41. The molecule has 2 nitrogen and oxygen atoms in total. The van der Waals surface area contributed by atoms with Gasteiger partial charge in [-0.3, -0.25) is 0 Å². The second-order valence-electron chi connectivity index (χ2n) is 5.53. The summed E-state index contributed by atoms with van der Waals surface area (Å²) in [7, 11) is 0. The molecule has 2 heterocycles. The fourth-order valence-electron chi connectivity index (χ4n) is 2.98. The highest BCUT2D eigenvalue weighted by Crippen LogP contribution is 2.53. The van der Waals surface area contributed by atoms with Gasteiger partial charge in [-0.05, 0) is 56.5 Å². The smallest absolute Gasteiger partial charge is 0.0507 e. The maximum absolute atomic E-state index is 5.43. The first-order valence-electron chi connectivity index (χ1n) is 6.16. The summed E-state index contributed by atoms with van der Waals surface area (Å²) < 4.78 is 5.43. The van der Waals surface area contributed by atoms with Crippen LogP contribution in [-0.4, -0.2) is 37.7 Å². The van der Waals surface area contributed by atoms with E-state index in [1.165, 1.54) is 51.7 Å². The van der Waals surface area contributed by atoms with Crippen LogP contribution in [0.5, 0.6) is 0 Å². The van der Waals surface area contributed by atoms with Gasteiger partial charge in [0.15, 0.2) is 0 Å². The SMILES string of the molecule is C1C[C@@H](CN2CCC3(CC2)CC3)CO1. The Labute approximate surface area is 86.6 Å². The standard InChI is InChI=1S/C12H21NO/c1-8-14-10-11(1)9-13-6-4-12(2-3-12)5-7-13/h11H,1-10H2/t11-/m0/s1. The maximum Gasteiger partial charge on any atom is 0.0507 e. The van der Waals surface area contributed by atoms with Crippen molar-refractivity contribution in [2.45, 2.75) is 32.1 Å². The second kappa shape index (κ2) is 3.49. The number of nitrogens with zero attached hydrogens (tertiary/aromatic N) is 1. The normalized spacial score (nSPS) is 36.4. The highest BCUT2D eigenvalue weighted by Gasteiger charge is 2.44. The van der Waals surface area contributed by atoms with Crippen molar-refractivity contribution in [2.75, 3.05) is 32.8 Å². The maximum atomic E-state index is 5.43. The predicted octanol–water partition coefficient (Wildman–Crippen LogP) is 1.90. The summed E-state index contributed by atoms with van der Waals surface area (Å²) in [5.74, 6) is 0.836. The molecule has 14 heavy (non-hydrogen) atoms. The van der Waals surface area contributed by atoms with Crippen LogP contribution in [0, 0.1) is 11.3 Å². The first kappa shape index (κ1) is 9.17. The van der Waals surface area contributed by atoms with Gasteiger partial charge in [0, 0.05) is 13.2 Å². The lowest BCUT2D eigenvalue weighted by Gasteiger charge is -2.33. The highest BCUT2D eigenvalue weighted by atomic mass is 16.5. The summed E-state index contributed by atoms with van der Waals surface area (Å²) in [6, 6.07) is 0. The summed E-state index contributed by atoms with van der Waals surface area (Å²) in [4.78, 5) is 2.67. The number of rotatable bonds is 2. The zero-order valence-electron chi connectivity index (χ0n) is 9.00. The molecule has 3 rings (SSSR count). The van der Waals surface area contributed by atoms with Crippen molar-refractivity contribution in [3.05, 3.63) is 0 Å². The third-order valence-electron chi connectivity index (χ3n) is 4.41. The molecular formula is C12H21NO. The number of ether oxygens (including phenoxy) is 1. The fourth-order valence-corrected chi connectivity index (χ4v) is 2.98. The first-order chi connectivity index (χ1) is 6.86. The van der Waals surface area contributed by atoms with Crippen molar-refractivity contribution in [2.24, 2.45) is 11.3 Å². The van der Waals surface area contributed by atoms with Crippen LogP contribution in [-0.2, 0) is 4.74 Å². The number of likely N-dealkylation sites (tertiary alicyclic amines) is 1. The Kier molecular flexibility index (Phi) is 2.29. The van der Waals surface area contributed by atoms with E-state index in [4.69, 9.17) is 4.74 Å². The minimum absolute atomic E-state index is 0.836. The first-order valence-corrected chi connectivity index (χ1v) is 6.16. The number of hydrogen-bond acceptors (Lipinski definition) is 2. The van der Waals surface area contributed by atoms with Gasteiger partial charge >= 0.3 is 0 Å². The molecule has 0 aromatic heterocycles. The van der Waals surface area contributed by atoms with Crippen LogP contribution in [0.2, 0.25) is 0 Å². The van der Waals surface area contributed by atoms with Crippen LogP contribution in [0.4, 0.5) is 0 Å². The molecule has 80 valence electrons. The van der Waals surface area contributed by atoms with Crippen LogP contribution in [0.15, 0.2) is 0 Å². The van der Waals surface area contributed by atoms with E-state index in [1.54, 1.807) is 0 Å². The molecule has 0 aromatic rings. The average molecular weight is 195 g/mol. The van der Waals surface area contributed by atoms with Crippen molar-refractivity contribution in [3.63, 3.8) is 0 Å². The Morgan fingerprint density at radius 2 is 1.93 bits per heavy atom. The molecule has 3 fully saturated rings. The van der Waals surface area contributed by atoms with Gasteiger partial charge in [-0.2, -0.15) is 0 Å². The largest absolute Gasteiger partial charge is 0.381 e. The Hall–Kier alpha value is -0.0800. The summed E-state index contributed by atoms with van der Waals surface area (Å²) >= 11 is 0. The van der Waals surface area contributed by atoms with Crippen molar-refractivity contribution < 1.29 is 4.74 Å². The Morgan fingerprint density at radius 3 is 2.50 bits per heavy atom.